The molecule has 1 aromatic heterocycles. The summed E-state index contributed by atoms with van der Waals surface area (Å²) in [5.41, 5.74) is 2.02. The molecule has 0 bridgehead atoms. The number of nitrogens with zero attached hydrogens (tertiary/aromatic N) is 2. The lowest BCUT2D eigenvalue weighted by atomic mass is 9.90. The van der Waals surface area contributed by atoms with Crippen molar-refractivity contribution in [1.82, 2.24) is 15.2 Å². The van der Waals surface area contributed by atoms with E-state index in [1.807, 2.05) is 20.0 Å². The van der Waals surface area contributed by atoms with E-state index in [1.165, 1.54) is 0 Å². The van der Waals surface area contributed by atoms with E-state index < -0.39 is 0 Å². The molecule has 1 aromatic rings. The van der Waals surface area contributed by atoms with Crippen LogP contribution < -0.4 is 5.32 Å². The highest BCUT2D eigenvalue weighted by atomic mass is 16.3. The zero-order valence-corrected chi connectivity index (χ0v) is 11.5. The van der Waals surface area contributed by atoms with Crippen molar-refractivity contribution in [2.75, 3.05) is 20.1 Å². The summed E-state index contributed by atoms with van der Waals surface area (Å²) in [4.78, 5) is 6.78. The van der Waals surface area contributed by atoms with Crippen molar-refractivity contribution in [2.24, 2.45) is 0 Å². The highest BCUT2D eigenvalue weighted by molar-refractivity contribution is 5.27. The first-order valence-corrected chi connectivity index (χ1v) is 6.59. The Hall–Kier alpha value is -1.13. The molecule has 0 aromatic carbocycles. The largest absolute Gasteiger partial charge is 0.506 e. The molecule has 4 nitrogen and oxygen atoms in total. The third kappa shape index (κ3) is 3.00. The molecule has 2 rings (SSSR count). The van der Waals surface area contributed by atoms with Gasteiger partial charge in [0, 0.05) is 30.9 Å². The normalized spacial score (nSPS) is 19.9. The second-order valence-corrected chi connectivity index (χ2v) is 5.51. The number of nitrogens with one attached hydrogen (secondary N) is 1. The Morgan fingerprint density at radius 2 is 2.06 bits per heavy atom. The molecule has 2 heterocycles. The molecule has 1 aliphatic rings. The van der Waals surface area contributed by atoms with Crippen molar-refractivity contribution in [3.05, 3.63) is 23.5 Å². The fourth-order valence-corrected chi connectivity index (χ4v) is 2.39. The van der Waals surface area contributed by atoms with Gasteiger partial charge in [0.05, 0.1) is 5.69 Å². The van der Waals surface area contributed by atoms with Gasteiger partial charge in [-0.1, -0.05) is 0 Å². The van der Waals surface area contributed by atoms with Crippen molar-refractivity contribution in [1.29, 1.82) is 0 Å². The maximum atomic E-state index is 9.81. The molecular weight excluding hydrogens is 226 g/mol. The zero-order chi connectivity index (χ0) is 13.2. The summed E-state index contributed by atoms with van der Waals surface area (Å²) in [7, 11) is 2.03. The highest BCUT2D eigenvalue weighted by Crippen LogP contribution is 2.24. The Bertz CT molecular complexity index is 412. The van der Waals surface area contributed by atoms with Gasteiger partial charge in [-0.05, 0) is 45.9 Å². The molecule has 100 valence electrons. The van der Waals surface area contributed by atoms with E-state index in [-0.39, 0.29) is 5.54 Å². The SMILES string of the molecule is CNC1(C)CCN(Cc2nc(C)ccc2O)CC1. The summed E-state index contributed by atoms with van der Waals surface area (Å²) in [5.74, 6) is 0.308. The fraction of sp³-hybridized carbons (Fsp3) is 0.643. The van der Waals surface area contributed by atoms with Crippen molar-refractivity contribution in [3.8, 4) is 5.75 Å². The van der Waals surface area contributed by atoms with Crippen LogP contribution in [0.4, 0.5) is 0 Å². The minimum Gasteiger partial charge on any atom is -0.506 e. The van der Waals surface area contributed by atoms with Gasteiger partial charge in [0.1, 0.15) is 5.75 Å². The molecule has 1 fully saturated rings. The lowest BCUT2D eigenvalue weighted by Crippen LogP contribution is -2.49. The van der Waals surface area contributed by atoms with E-state index in [2.05, 4.69) is 22.1 Å². The van der Waals surface area contributed by atoms with Gasteiger partial charge in [0.25, 0.3) is 0 Å². The average Bonchev–Trinajstić information content (AvgIpc) is 2.37. The summed E-state index contributed by atoms with van der Waals surface area (Å²) < 4.78 is 0. The fourth-order valence-electron chi connectivity index (χ4n) is 2.39. The molecule has 0 aliphatic carbocycles. The van der Waals surface area contributed by atoms with E-state index >= 15 is 0 Å². The van der Waals surface area contributed by atoms with E-state index in [4.69, 9.17) is 0 Å². The van der Waals surface area contributed by atoms with Gasteiger partial charge >= 0.3 is 0 Å². The molecule has 0 unspecified atom stereocenters. The number of pyridine rings is 1. The molecule has 1 aliphatic heterocycles. The van der Waals surface area contributed by atoms with E-state index in [0.717, 1.165) is 43.9 Å². The molecule has 2 N–H and O–H groups in total. The van der Waals surface area contributed by atoms with Crippen LogP contribution in [0.25, 0.3) is 0 Å². The lowest BCUT2D eigenvalue weighted by molar-refractivity contribution is 0.144. The van der Waals surface area contributed by atoms with Gasteiger partial charge in [-0.25, -0.2) is 0 Å². The standard InChI is InChI=1S/C14H23N3O/c1-11-4-5-13(18)12(16-11)10-17-8-6-14(2,15-3)7-9-17/h4-5,15,18H,6-10H2,1-3H3. The van der Waals surface area contributed by atoms with Crippen molar-refractivity contribution < 1.29 is 5.11 Å². The summed E-state index contributed by atoms with van der Waals surface area (Å²) in [6.45, 7) is 7.07. The Morgan fingerprint density at radius 1 is 1.39 bits per heavy atom. The predicted octanol–water partition coefficient (Wildman–Crippen LogP) is 1.67. The Labute approximate surface area is 109 Å². The van der Waals surface area contributed by atoms with Crippen LogP contribution >= 0.6 is 0 Å². The van der Waals surface area contributed by atoms with Crippen LogP contribution in [0.15, 0.2) is 12.1 Å². The molecule has 1 saturated heterocycles. The van der Waals surface area contributed by atoms with Crippen LogP contribution in [0.5, 0.6) is 5.75 Å². The number of aromatic hydroxyl groups is 1. The Balaban J connectivity index is 1.97. The number of rotatable bonds is 3. The summed E-state index contributed by atoms with van der Waals surface area (Å²) >= 11 is 0. The molecule has 0 radical (unpaired) electrons. The minimum absolute atomic E-state index is 0.262. The molecule has 4 heteroatoms. The number of aryl methyl sites for hydroxylation is 1. The van der Waals surface area contributed by atoms with Gasteiger partial charge in [0.15, 0.2) is 0 Å². The first-order chi connectivity index (χ1) is 8.52. The van der Waals surface area contributed by atoms with E-state index in [1.54, 1.807) is 6.07 Å². The van der Waals surface area contributed by atoms with Crippen LogP contribution in [0.1, 0.15) is 31.2 Å². The lowest BCUT2D eigenvalue weighted by Gasteiger charge is -2.39. The average molecular weight is 249 g/mol. The summed E-state index contributed by atoms with van der Waals surface area (Å²) in [6.07, 6.45) is 2.27. The van der Waals surface area contributed by atoms with Crippen molar-refractivity contribution >= 4 is 0 Å². The third-order valence-electron chi connectivity index (χ3n) is 4.03. The van der Waals surface area contributed by atoms with Gasteiger partial charge in [0.2, 0.25) is 0 Å². The smallest absolute Gasteiger partial charge is 0.138 e. The minimum atomic E-state index is 0.262. The number of aromatic nitrogens is 1. The third-order valence-corrected chi connectivity index (χ3v) is 4.03. The summed E-state index contributed by atoms with van der Waals surface area (Å²) in [6, 6.07) is 3.58. The van der Waals surface area contributed by atoms with Crippen LogP contribution in [-0.4, -0.2) is 40.7 Å². The van der Waals surface area contributed by atoms with E-state index in [9.17, 15) is 5.11 Å². The van der Waals surface area contributed by atoms with Crippen molar-refractivity contribution in [3.63, 3.8) is 0 Å². The first-order valence-electron chi connectivity index (χ1n) is 6.59. The van der Waals surface area contributed by atoms with Gasteiger partial charge in [-0.2, -0.15) is 0 Å². The zero-order valence-electron chi connectivity index (χ0n) is 11.5. The quantitative estimate of drug-likeness (QED) is 0.855. The molecule has 0 spiro atoms. The second kappa shape index (κ2) is 5.24. The Morgan fingerprint density at radius 3 is 2.67 bits per heavy atom. The predicted molar refractivity (Wildman–Crippen MR) is 72.6 cm³/mol. The maximum absolute atomic E-state index is 9.81. The van der Waals surface area contributed by atoms with Crippen LogP contribution in [0.2, 0.25) is 0 Å². The van der Waals surface area contributed by atoms with Gasteiger partial charge in [-0.15, -0.1) is 0 Å². The van der Waals surface area contributed by atoms with Crippen LogP contribution in [0, 0.1) is 6.92 Å². The number of likely N-dealkylation sites (tertiary alicyclic amines) is 1. The first kappa shape index (κ1) is 13.3. The maximum Gasteiger partial charge on any atom is 0.138 e. The highest BCUT2D eigenvalue weighted by Gasteiger charge is 2.28. The topological polar surface area (TPSA) is 48.4 Å². The summed E-state index contributed by atoms with van der Waals surface area (Å²) in [5, 5.41) is 13.2. The van der Waals surface area contributed by atoms with Crippen LogP contribution in [0.3, 0.4) is 0 Å². The molecule has 18 heavy (non-hydrogen) atoms. The Kier molecular flexibility index (Phi) is 3.88. The monoisotopic (exact) mass is 249 g/mol. The van der Waals surface area contributed by atoms with Gasteiger partial charge < -0.3 is 10.4 Å². The molecule has 0 amide bonds. The van der Waals surface area contributed by atoms with Gasteiger partial charge in [-0.3, -0.25) is 9.88 Å². The van der Waals surface area contributed by atoms with E-state index in [0.29, 0.717) is 5.75 Å². The molecular formula is C14H23N3O. The number of hydrogen-bond acceptors (Lipinski definition) is 4. The van der Waals surface area contributed by atoms with Crippen LogP contribution in [-0.2, 0) is 6.54 Å². The molecule has 0 atom stereocenters. The number of hydrogen-bond donors (Lipinski definition) is 2. The molecule has 0 saturated carbocycles. The number of piperidine rings is 1. The second-order valence-electron chi connectivity index (χ2n) is 5.51. The van der Waals surface area contributed by atoms with Crippen molar-refractivity contribution in [2.45, 2.75) is 38.8 Å².